The van der Waals surface area contributed by atoms with E-state index in [0.29, 0.717) is 5.56 Å². The number of amides is 1. The van der Waals surface area contributed by atoms with E-state index in [1.54, 1.807) is 0 Å². The summed E-state index contributed by atoms with van der Waals surface area (Å²) in [5.41, 5.74) is -0.340. The van der Waals surface area contributed by atoms with E-state index in [2.05, 4.69) is 5.32 Å². The summed E-state index contributed by atoms with van der Waals surface area (Å²) in [4.78, 5) is 23.2. The second-order valence-corrected chi connectivity index (χ2v) is 5.32. The normalized spacial score (nSPS) is 16.2. The van der Waals surface area contributed by atoms with Crippen LogP contribution in [0.1, 0.15) is 30.9 Å². The lowest BCUT2D eigenvalue weighted by atomic mass is 10.1. The fourth-order valence-corrected chi connectivity index (χ4v) is 1.76. The molecule has 0 unspecified atom stereocenters. The van der Waals surface area contributed by atoms with Crippen LogP contribution in [0.4, 0.5) is 13.2 Å². The molecule has 1 atom stereocenters. The van der Waals surface area contributed by atoms with Crippen molar-refractivity contribution in [2.45, 2.75) is 38.1 Å². The average Bonchev–Trinajstić information content (AvgIpc) is 3.28. The van der Waals surface area contributed by atoms with Crippen LogP contribution in [0.5, 0.6) is 0 Å². The van der Waals surface area contributed by atoms with Crippen LogP contribution in [-0.2, 0) is 20.5 Å². The zero-order chi connectivity index (χ0) is 17.0. The molecule has 1 saturated carbocycles. The first-order valence-electron chi connectivity index (χ1n) is 7.12. The van der Waals surface area contributed by atoms with Crippen LogP contribution < -0.4 is 5.32 Å². The van der Waals surface area contributed by atoms with E-state index in [4.69, 9.17) is 4.74 Å². The molecule has 4 nitrogen and oxygen atoms in total. The smallest absolute Gasteiger partial charge is 0.416 e. The van der Waals surface area contributed by atoms with Crippen LogP contribution in [0.15, 0.2) is 30.3 Å². The standard InChI is InChI=1S/C16H16F3NO3/c1-10(15(22)20-13-7-8-13)23-14(21)9-4-11-2-5-12(6-3-11)16(17,18)19/h2-6,9-10,13H,7-8H2,1H3,(H,20,22)/b9-4+/t10-/m1/s1. The molecule has 0 spiro atoms. The molecule has 1 aliphatic carbocycles. The monoisotopic (exact) mass is 327 g/mol. The molecule has 1 aromatic carbocycles. The second kappa shape index (κ2) is 6.85. The lowest BCUT2D eigenvalue weighted by Crippen LogP contribution is -2.36. The molecule has 1 amide bonds. The van der Waals surface area contributed by atoms with E-state index < -0.39 is 23.8 Å². The predicted molar refractivity (Wildman–Crippen MR) is 77.2 cm³/mol. The number of halogens is 3. The van der Waals surface area contributed by atoms with Crippen molar-refractivity contribution < 1.29 is 27.5 Å². The summed E-state index contributed by atoms with van der Waals surface area (Å²) >= 11 is 0. The zero-order valence-corrected chi connectivity index (χ0v) is 12.4. The first kappa shape index (κ1) is 17.1. The maximum atomic E-state index is 12.4. The molecule has 1 N–H and O–H groups in total. The number of rotatable bonds is 5. The van der Waals surface area contributed by atoms with E-state index in [0.717, 1.165) is 31.1 Å². The molecule has 0 bridgehead atoms. The van der Waals surface area contributed by atoms with Gasteiger partial charge in [0, 0.05) is 12.1 Å². The van der Waals surface area contributed by atoms with Crippen molar-refractivity contribution in [3.05, 3.63) is 41.5 Å². The molecule has 124 valence electrons. The minimum absolute atomic E-state index is 0.173. The number of carbonyl (C=O) groups excluding carboxylic acids is 2. The number of esters is 1. The average molecular weight is 327 g/mol. The number of nitrogens with one attached hydrogen (secondary N) is 1. The Morgan fingerprint density at radius 1 is 1.26 bits per heavy atom. The van der Waals surface area contributed by atoms with Crippen LogP contribution in [0.25, 0.3) is 6.08 Å². The number of hydrogen-bond donors (Lipinski definition) is 1. The van der Waals surface area contributed by atoms with Crippen LogP contribution in [0.2, 0.25) is 0 Å². The maximum Gasteiger partial charge on any atom is 0.416 e. The van der Waals surface area contributed by atoms with E-state index in [1.807, 2.05) is 0 Å². The van der Waals surface area contributed by atoms with Gasteiger partial charge in [0.05, 0.1) is 5.56 Å². The highest BCUT2D eigenvalue weighted by molar-refractivity contribution is 5.90. The molecule has 0 radical (unpaired) electrons. The Hall–Kier alpha value is -2.31. The summed E-state index contributed by atoms with van der Waals surface area (Å²) in [6.07, 6.45) is -1.05. The Balaban J connectivity index is 1.86. The third-order valence-electron chi connectivity index (χ3n) is 3.24. The first-order chi connectivity index (χ1) is 10.8. The van der Waals surface area contributed by atoms with Crippen LogP contribution in [-0.4, -0.2) is 24.0 Å². The van der Waals surface area contributed by atoms with Crippen LogP contribution >= 0.6 is 0 Å². The molecule has 0 aliphatic heterocycles. The van der Waals surface area contributed by atoms with Gasteiger partial charge in [-0.05, 0) is 43.5 Å². The molecule has 23 heavy (non-hydrogen) atoms. The van der Waals surface area contributed by atoms with E-state index >= 15 is 0 Å². The van der Waals surface area contributed by atoms with Gasteiger partial charge in [-0.1, -0.05) is 12.1 Å². The van der Waals surface area contributed by atoms with Crippen molar-refractivity contribution >= 4 is 18.0 Å². The van der Waals surface area contributed by atoms with Gasteiger partial charge in [0.25, 0.3) is 5.91 Å². The molecule has 0 saturated heterocycles. The van der Waals surface area contributed by atoms with Crippen molar-refractivity contribution in [3.63, 3.8) is 0 Å². The van der Waals surface area contributed by atoms with Gasteiger partial charge in [-0.25, -0.2) is 4.79 Å². The summed E-state index contributed by atoms with van der Waals surface area (Å²) in [5, 5.41) is 2.71. The molecule has 0 aromatic heterocycles. The Bertz CT molecular complexity index is 604. The predicted octanol–water partition coefficient (Wildman–Crippen LogP) is 2.93. The SMILES string of the molecule is C[C@@H](OC(=O)/C=C/c1ccc(C(F)(F)F)cc1)C(=O)NC1CC1. The lowest BCUT2D eigenvalue weighted by Gasteiger charge is -2.11. The van der Waals surface area contributed by atoms with Crippen molar-refractivity contribution in [1.29, 1.82) is 0 Å². The van der Waals surface area contributed by atoms with Crippen molar-refractivity contribution in [2.24, 2.45) is 0 Å². The molecule has 1 aliphatic rings. The molecule has 1 fully saturated rings. The third-order valence-corrected chi connectivity index (χ3v) is 3.24. The Morgan fingerprint density at radius 2 is 1.87 bits per heavy atom. The molecular formula is C16H16F3NO3. The fraction of sp³-hybridized carbons (Fsp3) is 0.375. The third kappa shape index (κ3) is 5.43. The summed E-state index contributed by atoms with van der Waals surface area (Å²) in [6, 6.07) is 4.52. The minimum atomic E-state index is -4.40. The number of benzene rings is 1. The van der Waals surface area contributed by atoms with Crippen LogP contribution in [0.3, 0.4) is 0 Å². The van der Waals surface area contributed by atoms with Gasteiger partial charge >= 0.3 is 12.1 Å². The second-order valence-electron chi connectivity index (χ2n) is 5.32. The van der Waals surface area contributed by atoms with Gasteiger partial charge in [-0.2, -0.15) is 13.2 Å². The zero-order valence-electron chi connectivity index (χ0n) is 12.4. The van der Waals surface area contributed by atoms with Crippen LogP contribution in [0, 0.1) is 0 Å². The first-order valence-corrected chi connectivity index (χ1v) is 7.12. The largest absolute Gasteiger partial charge is 0.449 e. The summed E-state index contributed by atoms with van der Waals surface area (Å²) < 4.78 is 42.2. The quantitative estimate of drug-likeness (QED) is 0.668. The fourth-order valence-electron chi connectivity index (χ4n) is 1.76. The Labute approximate surface area is 131 Å². The number of ether oxygens (including phenoxy) is 1. The van der Waals surface area contributed by atoms with Gasteiger partial charge in [-0.3, -0.25) is 4.79 Å². The van der Waals surface area contributed by atoms with E-state index in [9.17, 15) is 22.8 Å². The molecule has 1 aromatic rings. The van der Waals surface area contributed by atoms with Gasteiger partial charge in [-0.15, -0.1) is 0 Å². The van der Waals surface area contributed by atoms with Crippen molar-refractivity contribution in [2.75, 3.05) is 0 Å². The maximum absolute atomic E-state index is 12.4. The highest BCUT2D eigenvalue weighted by Crippen LogP contribution is 2.29. The summed E-state index contributed by atoms with van der Waals surface area (Å²) in [5.74, 6) is -1.09. The number of hydrogen-bond acceptors (Lipinski definition) is 3. The van der Waals surface area contributed by atoms with E-state index in [1.165, 1.54) is 25.1 Å². The highest BCUT2D eigenvalue weighted by Gasteiger charge is 2.30. The molecule has 7 heteroatoms. The summed E-state index contributed by atoms with van der Waals surface area (Å²) in [7, 11) is 0. The highest BCUT2D eigenvalue weighted by atomic mass is 19.4. The van der Waals surface area contributed by atoms with Gasteiger partial charge in [0.2, 0.25) is 0 Å². The Morgan fingerprint density at radius 3 is 2.39 bits per heavy atom. The number of alkyl halides is 3. The Kier molecular flexibility index (Phi) is 5.08. The van der Waals surface area contributed by atoms with Gasteiger partial charge in [0.1, 0.15) is 0 Å². The summed E-state index contributed by atoms with van der Waals surface area (Å²) in [6.45, 7) is 1.46. The molecule has 0 heterocycles. The van der Waals surface area contributed by atoms with Crippen molar-refractivity contribution in [1.82, 2.24) is 5.32 Å². The van der Waals surface area contributed by atoms with Gasteiger partial charge < -0.3 is 10.1 Å². The van der Waals surface area contributed by atoms with Gasteiger partial charge in [0.15, 0.2) is 6.10 Å². The lowest BCUT2D eigenvalue weighted by molar-refractivity contribution is -0.150. The van der Waals surface area contributed by atoms with Crippen molar-refractivity contribution in [3.8, 4) is 0 Å². The molecule has 2 rings (SSSR count). The minimum Gasteiger partial charge on any atom is -0.449 e. The number of carbonyl (C=O) groups is 2. The van der Waals surface area contributed by atoms with E-state index in [-0.39, 0.29) is 11.9 Å². The molecular weight excluding hydrogens is 311 g/mol. The topological polar surface area (TPSA) is 55.4 Å².